The Morgan fingerprint density at radius 2 is 1.53 bits per heavy atom. The summed E-state index contributed by atoms with van der Waals surface area (Å²) in [4.78, 5) is 31.3. The second kappa shape index (κ2) is 10.9. The fourth-order valence-electron chi connectivity index (χ4n) is 3.76. The number of rotatable bonds is 6. The number of aromatic nitrogens is 1. The van der Waals surface area contributed by atoms with Gasteiger partial charge in [-0.15, -0.1) is 11.3 Å². The summed E-state index contributed by atoms with van der Waals surface area (Å²) in [5.41, 5.74) is 3.41. The van der Waals surface area contributed by atoms with Crippen LogP contribution in [0.5, 0.6) is 0 Å². The summed E-state index contributed by atoms with van der Waals surface area (Å²) in [5, 5.41) is 8.80. The molecule has 1 aliphatic heterocycles. The number of hydrogen-bond acceptors (Lipinski definition) is 4. The van der Waals surface area contributed by atoms with Gasteiger partial charge in [0.1, 0.15) is 0 Å². The summed E-state index contributed by atoms with van der Waals surface area (Å²) in [6.07, 6.45) is 5.51. The highest BCUT2D eigenvalue weighted by atomic mass is 32.1. The first-order valence-electron chi connectivity index (χ1n) is 11.1. The zero-order chi connectivity index (χ0) is 22.2. The number of thiazole rings is 1. The Morgan fingerprint density at radius 3 is 2.22 bits per heavy atom. The van der Waals surface area contributed by atoms with Crippen LogP contribution in [0.4, 0.5) is 16.2 Å². The number of amides is 3. The highest BCUT2D eigenvalue weighted by Crippen LogP contribution is 2.18. The summed E-state index contributed by atoms with van der Waals surface area (Å²) >= 11 is 1.58. The SMILES string of the molecule is O=C(Cc1csc(Cc2ccccc2)n1)Nc1ccc(NC(=O)N2CCCCCC2)cc1. The van der Waals surface area contributed by atoms with Crippen molar-refractivity contribution in [2.75, 3.05) is 23.7 Å². The van der Waals surface area contributed by atoms with Gasteiger partial charge in [0, 0.05) is 36.3 Å². The van der Waals surface area contributed by atoms with Crippen molar-refractivity contribution in [3.8, 4) is 0 Å². The van der Waals surface area contributed by atoms with E-state index in [2.05, 4.69) is 27.8 Å². The molecule has 0 saturated carbocycles. The van der Waals surface area contributed by atoms with Crippen LogP contribution in [0, 0.1) is 0 Å². The average molecular weight is 449 g/mol. The molecular formula is C25H28N4O2S. The third kappa shape index (κ3) is 6.40. The minimum atomic E-state index is -0.108. The Labute approximate surface area is 192 Å². The van der Waals surface area contributed by atoms with Crippen LogP contribution in [0.3, 0.4) is 0 Å². The van der Waals surface area contributed by atoms with E-state index >= 15 is 0 Å². The number of hydrogen-bond donors (Lipinski definition) is 2. The van der Waals surface area contributed by atoms with Crippen LogP contribution in [-0.2, 0) is 17.6 Å². The predicted molar refractivity (Wildman–Crippen MR) is 129 cm³/mol. The van der Waals surface area contributed by atoms with E-state index in [-0.39, 0.29) is 18.4 Å². The van der Waals surface area contributed by atoms with E-state index in [1.807, 2.05) is 40.6 Å². The lowest BCUT2D eigenvalue weighted by Crippen LogP contribution is -2.35. The standard InChI is InChI=1S/C25H28N4O2S/c30-23(17-22-18-32-24(27-22)16-19-8-4-3-5-9-19)26-20-10-12-21(13-11-20)28-25(31)29-14-6-1-2-7-15-29/h3-5,8-13,18H,1-2,6-7,14-17H2,(H,26,30)(H,28,31). The Balaban J connectivity index is 1.26. The van der Waals surface area contributed by atoms with E-state index in [0.29, 0.717) is 5.69 Å². The first-order chi connectivity index (χ1) is 15.7. The highest BCUT2D eigenvalue weighted by Gasteiger charge is 2.15. The number of carbonyl (C=O) groups excluding carboxylic acids is 2. The van der Waals surface area contributed by atoms with Gasteiger partial charge in [0.2, 0.25) is 5.91 Å². The monoisotopic (exact) mass is 448 g/mol. The van der Waals surface area contributed by atoms with E-state index in [4.69, 9.17) is 0 Å². The molecule has 0 atom stereocenters. The molecule has 1 aromatic heterocycles. The zero-order valence-corrected chi connectivity index (χ0v) is 18.9. The maximum absolute atomic E-state index is 12.4. The second-order valence-corrected chi connectivity index (χ2v) is 8.97. The van der Waals surface area contributed by atoms with Gasteiger partial charge in [0.25, 0.3) is 0 Å². The fraction of sp³-hybridized carbons (Fsp3) is 0.320. The van der Waals surface area contributed by atoms with Gasteiger partial charge >= 0.3 is 6.03 Å². The molecule has 2 N–H and O–H groups in total. The molecule has 0 bridgehead atoms. The maximum atomic E-state index is 12.4. The van der Waals surface area contributed by atoms with E-state index in [0.717, 1.165) is 48.7 Å². The molecule has 2 heterocycles. The Morgan fingerprint density at radius 1 is 0.875 bits per heavy atom. The quantitative estimate of drug-likeness (QED) is 0.536. The zero-order valence-electron chi connectivity index (χ0n) is 18.0. The van der Waals surface area contributed by atoms with E-state index in [9.17, 15) is 9.59 Å². The molecule has 166 valence electrons. The fourth-order valence-corrected chi connectivity index (χ4v) is 4.59. The molecule has 1 fully saturated rings. The Bertz CT molecular complexity index is 1030. The first kappa shape index (κ1) is 22.0. The molecule has 0 unspecified atom stereocenters. The number of likely N-dealkylation sites (tertiary alicyclic amines) is 1. The third-order valence-corrected chi connectivity index (χ3v) is 6.35. The molecule has 1 saturated heterocycles. The van der Waals surface area contributed by atoms with Crippen LogP contribution in [0.25, 0.3) is 0 Å². The first-order valence-corrected chi connectivity index (χ1v) is 12.0. The number of urea groups is 1. The van der Waals surface area contributed by atoms with Crippen LogP contribution in [0.15, 0.2) is 60.0 Å². The minimum absolute atomic E-state index is 0.0569. The van der Waals surface area contributed by atoms with Gasteiger partial charge in [-0.2, -0.15) is 0 Å². The van der Waals surface area contributed by atoms with Crippen molar-refractivity contribution < 1.29 is 9.59 Å². The van der Waals surface area contributed by atoms with Gasteiger partial charge < -0.3 is 15.5 Å². The van der Waals surface area contributed by atoms with Crippen molar-refractivity contribution in [2.45, 2.75) is 38.5 Å². The van der Waals surface area contributed by atoms with Gasteiger partial charge in [0.05, 0.1) is 17.1 Å². The Kier molecular flexibility index (Phi) is 7.51. The second-order valence-electron chi connectivity index (χ2n) is 8.03. The van der Waals surface area contributed by atoms with Crippen LogP contribution in [0.1, 0.15) is 41.9 Å². The van der Waals surface area contributed by atoms with E-state index in [1.165, 1.54) is 18.4 Å². The minimum Gasteiger partial charge on any atom is -0.326 e. The Hall–Kier alpha value is -3.19. The molecule has 3 aromatic rings. The number of carbonyl (C=O) groups is 2. The number of benzene rings is 2. The molecular weight excluding hydrogens is 420 g/mol. The summed E-state index contributed by atoms with van der Waals surface area (Å²) in [6, 6.07) is 17.4. The molecule has 6 nitrogen and oxygen atoms in total. The molecule has 3 amide bonds. The molecule has 32 heavy (non-hydrogen) atoms. The third-order valence-electron chi connectivity index (χ3n) is 5.45. The number of nitrogens with one attached hydrogen (secondary N) is 2. The lowest BCUT2D eigenvalue weighted by Gasteiger charge is -2.20. The summed E-state index contributed by atoms with van der Waals surface area (Å²) in [5.74, 6) is -0.108. The predicted octanol–water partition coefficient (Wildman–Crippen LogP) is 5.32. The van der Waals surface area contributed by atoms with Crippen molar-refractivity contribution >= 4 is 34.6 Å². The molecule has 0 aliphatic carbocycles. The molecule has 7 heteroatoms. The summed E-state index contributed by atoms with van der Waals surface area (Å²) in [7, 11) is 0. The smallest absolute Gasteiger partial charge is 0.321 e. The largest absolute Gasteiger partial charge is 0.326 e. The average Bonchev–Trinajstić information content (AvgIpc) is 3.05. The van der Waals surface area contributed by atoms with Crippen molar-refractivity contribution in [1.29, 1.82) is 0 Å². The molecule has 0 spiro atoms. The maximum Gasteiger partial charge on any atom is 0.321 e. The van der Waals surface area contributed by atoms with Crippen LogP contribution < -0.4 is 10.6 Å². The summed E-state index contributed by atoms with van der Waals surface area (Å²) < 4.78 is 0. The molecule has 0 radical (unpaired) electrons. The van der Waals surface area contributed by atoms with Crippen molar-refractivity contribution in [3.05, 3.63) is 76.2 Å². The van der Waals surface area contributed by atoms with Crippen molar-refractivity contribution in [1.82, 2.24) is 9.88 Å². The topological polar surface area (TPSA) is 74.3 Å². The van der Waals surface area contributed by atoms with Gasteiger partial charge in [0.15, 0.2) is 0 Å². The normalized spacial score (nSPS) is 13.9. The van der Waals surface area contributed by atoms with Crippen molar-refractivity contribution in [3.63, 3.8) is 0 Å². The van der Waals surface area contributed by atoms with E-state index < -0.39 is 0 Å². The highest BCUT2D eigenvalue weighted by molar-refractivity contribution is 7.09. The number of nitrogens with zero attached hydrogens (tertiary/aromatic N) is 2. The molecule has 2 aromatic carbocycles. The van der Waals surface area contributed by atoms with Gasteiger partial charge in [-0.25, -0.2) is 9.78 Å². The number of anilines is 2. The van der Waals surface area contributed by atoms with Crippen molar-refractivity contribution in [2.24, 2.45) is 0 Å². The lowest BCUT2D eigenvalue weighted by atomic mass is 10.2. The lowest BCUT2D eigenvalue weighted by molar-refractivity contribution is -0.115. The molecule has 1 aliphatic rings. The van der Waals surface area contributed by atoms with Crippen LogP contribution >= 0.6 is 11.3 Å². The van der Waals surface area contributed by atoms with Gasteiger partial charge in [-0.1, -0.05) is 43.2 Å². The van der Waals surface area contributed by atoms with Gasteiger partial charge in [-0.3, -0.25) is 4.79 Å². The summed E-state index contributed by atoms with van der Waals surface area (Å²) in [6.45, 7) is 1.62. The van der Waals surface area contributed by atoms with Crippen LogP contribution in [0.2, 0.25) is 0 Å². The van der Waals surface area contributed by atoms with Crippen LogP contribution in [-0.4, -0.2) is 34.9 Å². The van der Waals surface area contributed by atoms with Gasteiger partial charge in [-0.05, 0) is 42.7 Å². The molecule has 4 rings (SSSR count). The van der Waals surface area contributed by atoms with E-state index in [1.54, 1.807) is 23.5 Å².